The summed E-state index contributed by atoms with van der Waals surface area (Å²) in [7, 11) is 0. The molecule has 0 radical (unpaired) electrons. The number of aryl methyl sites for hydroxylation is 1. The van der Waals surface area contributed by atoms with Gasteiger partial charge in [-0.3, -0.25) is 0 Å². The standard InChI is InChI=1S/C17H12ClFN6/c1-9-7-13(22-8-21-9)24-17-15-12(5-6-20-17)23-16(25-15)14-10(18)3-2-4-11(14)19/h2-8H,1H3,(H,23,25)(H,20,21,22,24). The Labute approximate surface area is 147 Å². The summed E-state index contributed by atoms with van der Waals surface area (Å²) in [6, 6.07) is 8.07. The molecule has 0 saturated heterocycles. The molecule has 0 bridgehead atoms. The molecule has 0 amide bonds. The number of hydrogen-bond acceptors (Lipinski definition) is 5. The van der Waals surface area contributed by atoms with Crippen LogP contribution in [0.1, 0.15) is 5.69 Å². The van der Waals surface area contributed by atoms with Crippen molar-refractivity contribution in [2.45, 2.75) is 6.92 Å². The molecule has 2 N–H and O–H groups in total. The summed E-state index contributed by atoms with van der Waals surface area (Å²) in [4.78, 5) is 20.1. The Morgan fingerprint density at radius 3 is 2.84 bits per heavy atom. The number of hydrogen-bond donors (Lipinski definition) is 2. The van der Waals surface area contributed by atoms with Crippen LogP contribution in [0.2, 0.25) is 5.02 Å². The van der Waals surface area contributed by atoms with E-state index in [1.807, 2.05) is 6.92 Å². The molecule has 0 atom stereocenters. The van der Waals surface area contributed by atoms with E-state index in [0.29, 0.717) is 28.5 Å². The Balaban J connectivity index is 1.82. The van der Waals surface area contributed by atoms with Gasteiger partial charge in [0.1, 0.15) is 29.3 Å². The van der Waals surface area contributed by atoms with Gasteiger partial charge in [0.15, 0.2) is 5.82 Å². The predicted octanol–water partition coefficient (Wildman–Crippen LogP) is 4.26. The van der Waals surface area contributed by atoms with Crippen LogP contribution in [0.3, 0.4) is 0 Å². The van der Waals surface area contributed by atoms with E-state index in [1.54, 1.807) is 30.5 Å². The maximum atomic E-state index is 14.2. The van der Waals surface area contributed by atoms with E-state index in [9.17, 15) is 4.39 Å². The maximum absolute atomic E-state index is 14.2. The fraction of sp³-hybridized carbons (Fsp3) is 0.0588. The Hall–Kier alpha value is -3.06. The molecule has 0 unspecified atom stereocenters. The molecule has 0 aliphatic heterocycles. The van der Waals surface area contributed by atoms with Gasteiger partial charge in [0.25, 0.3) is 0 Å². The number of imidazole rings is 1. The van der Waals surface area contributed by atoms with E-state index in [4.69, 9.17) is 11.6 Å². The highest BCUT2D eigenvalue weighted by Crippen LogP contribution is 2.31. The molecule has 124 valence electrons. The van der Waals surface area contributed by atoms with Crippen molar-refractivity contribution in [3.05, 3.63) is 59.4 Å². The molecular weight excluding hydrogens is 343 g/mol. The van der Waals surface area contributed by atoms with E-state index in [-0.39, 0.29) is 10.6 Å². The van der Waals surface area contributed by atoms with Crippen LogP contribution in [-0.4, -0.2) is 24.9 Å². The fourth-order valence-electron chi connectivity index (χ4n) is 2.51. The number of aromatic amines is 1. The van der Waals surface area contributed by atoms with Crippen LogP contribution in [0, 0.1) is 12.7 Å². The number of nitrogens with one attached hydrogen (secondary N) is 2. The first kappa shape index (κ1) is 15.5. The average molecular weight is 355 g/mol. The van der Waals surface area contributed by atoms with Gasteiger partial charge in [-0.15, -0.1) is 0 Å². The first-order valence-corrected chi connectivity index (χ1v) is 7.84. The number of nitrogens with zero attached hydrogens (tertiary/aromatic N) is 4. The van der Waals surface area contributed by atoms with E-state index in [2.05, 4.69) is 30.2 Å². The van der Waals surface area contributed by atoms with Gasteiger partial charge in [0.05, 0.1) is 16.1 Å². The Kier molecular flexibility index (Phi) is 3.77. The molecule has 0 aliphatic carbocycles. The zero-order chi connectivity index (χ0) is 17.4. The predicted molar refractivity (Wildman–Crippen MR) is 94.3 cm³/mol. The summed E-state index contributed by atoms with van der Waals surface area (Å²) in [6.07, 6.45) is 3.09. The fourth-order valence-corrected chi connectivity index (χ4v) is 2.77. The number of fused-ring (bicyclic) bond motifs is 1. The normalized spacial score (nSPS) is 11.0. The van der Waals surface area contributed by atoms with Crippen molar-refractivity contribution >= 4 is 34.3 Å². The third-order valence-electron chi connectivity index (χ3n) is 3.65. The average Bonchev–Trinajstić information content (AvgIpc) is 2.99. The first-order valence-electron chi connectivity index (χ1n) is 7.46. The molecule has 25 heavy (non-hydrogen) atoms. The van der Waals surface area contributed by atoms with Gasteiger partial charge in [0, 0.05) is 18.0 Å². The summed E-state index contributed by atoms with van der Waals surface area (Å²) in [5.74, 6) is 1.00. The van der Waals surface area contributed by atoms with Crippen molar-refractivity contribution in [1.82, 2.24) is 24.9 Å². The second-order valence-corrected chi connectivity index (χ2v) is 5.81. The Morgan fingerprint density at radius 2 is 2.04 bits per heavy atom. The second-order valence-electron chi connectivity index (χ2n) is 5.41. The van der Waals surface area contributed by atoms with Gasteiger partial charge in [0.2, 0.25) is 0 Å². The minimum Gasteiger partial charge on any atom is -0.338 e. The highest BCUT2D eigenvalue weighted by Gasteiger charge is 2.16. The van der Waals surface area contributed by atoms with Crippen LogP contribution in [0.4, 0.5) is 16.0 Å². The molecule has 4 aromatic rings. The third kappa shape index (κ3) is 2.89. The van der Waals surface area contributed by atoms with Gasteiger partial charge in [-0.1, -0.05) is 17.7 Å². The van der Waals surface area contributed by atoms with Crippen molar-refractivity contribution in [2.24, 2.45) is 0 Å². The van der Waals surface area contributed by atoms with Gasteiger partial charge >= 0.3 is 0 Å². The number of H-pyrrole nitrogens is 1. The summed E-state index contributed by atoms with van der Waals surface area (Å²) in [5.41, 5.74) is 2.32. The molecule has 0 spiro atoms. The van der Waals surface area contributed by atoms with Crippen LogP contribution in [-0.2, 0) is 0 Å². The largest absolute Gasteiger partial charge is 0.338 e. The van der Waals surface area contributed by atoms with Crippen LogP contribution in [0.5, 0.6) is 0 Å². The molecule has 6 nitrogen and oxygen atoms in total. The number of pyridine rings is 1. The zero-order valence-electron chi connectivity index (χ0n) is 13.1. The van der Waals surface area contributed by atoms with Crippen molar-refractivity contribution in [1.29, 1.82) is 0 Å². The van der Waals surface area contributed by atoms with Crippen molar-refractivity contribution in [3.8, 4) is 11.4 Å². The highest BCUT2D eigenvalue weighted by atomic mass is 35.5. The lowest BCUT2D eigenvalue weighted by molar-refractivity contribution is 0.630. The lowest BCUT2D eigenvalue weighted by Gasteiger charge is -2.05. The van der Waals surface area contributed by atoms with E-state index >= 15 is 0 Å². The van der Waals surface area contributed by atoms with Crippen molar-refractivity contribution in [2.75, 3.05) is 5.32 Å². The molecule has 3 heterocycles. The molecule has 0 fully saturated rings. The topological polar surface area (TPSA) is 79.4 Å². The van der Waals surface area contributed by atoms with Crippen LogP contribution < -0.4 is 5.32 Å². The van der Waals surface area contributed by atoms with Gasteiger partial charge < -0.3 is 10.3 Å². The molecule has 0 saturated carbocycles. The first-order chi connectivity index (χ1) is 12.1. The van der Waals surface area contributed by atoms with E-state index in [0.717, 1.165) is 5.69 Å². The van der Waals surface area contributed by atoms with Crippen LogP contribution in [0.15, 0.2) is 42.9 Å². The number of halogens is 2. The quantitative estimate of drug-likeness (QED) is 0.574. The number of rotatable bonds is 3. The summed E-state index contributed by atoms with van der Waals surface area (Å²) in [5, 5.41) is 3.40. The zero-order valence-corrected chi connectivity index (χ0v) is 13.8. The van der Waals surface area contributed by atoms with Gasteiger partial charge in [-0.05, 0) is 25.1 Å². The number of aromatic nitrogens is 5. The second kappa shape index (κ2) is 6.10. The van der Waals surface area contributed by atoms with Crippen molar-refractivity contribution < 1.29 is 4.39 Å². The highest BCUT2D eigenvalue weighted by molar-refractivity contribution is 6.33. The molecule has 0 aliphatic rings. The maximum Gasteiger partial charge on any atom is 0.159 e. The number of benzene rings is 1. The Morgan fingerprint density at radius 1 is 1.16 bits per heavy atom. The molecule has 1 aromatic carbocycles. The van der Waals surface area contributed by atoms with E-state index < -0.39 is 5.82 Å². The Bertz CT molecular complexity index is 1060. The lowest BCUT2D eigenvalue weighted by Crippen LogP contribution is -1.98. The third-order valence-corrected chi connectivity index (χ3v) is 3.97. The minimum atomic E-state index is -0.444. The van der Waals surface area contributed by atoms with Gasteiger partial charge in [-0.25, -0.2) is 24.3 Å². The molecule has 4 rings (SSSR count). The summed E-state index contributed by atoms with van der Waals surface area (Å²) in [6.45, 7) is 1.87. The molecular formula is C17H12ClFN6. The van der Waals surface area contributed by atoms with Crippen LogP contribution in [0.25, 0.3) is 22.4 Å². The SMILES string of the molecule is Cc1cc(Nc2nccc3[nH]c(-c4c(F)cccc4Cl)nc23)ncn1. The lowest BCUT2D eigenvalue weighted by atomic mass is 10.2. The molecule has 3 aromatic heterocycles. The van der Waals surface area contributed by atoms with Crippen LogP contribution >= 0.6 is 11.6 Å². The van der Waals surface area contributed by atoms with E-state index in [1.165, 1.54) is 12.4 Å². The van der Waals surface area contributed by atoms with Crippen molar-refractivity contribution in [3.63, 3.8) is 0 Å². The number of anilines is 2. The monoisotopic (exact) mass is 354 g/mol. The smallest absolute Gasteiger partial charge is 0.159 e. The summed E-state index contributed by atoms with van der Waals surface area (Å²) < 4.78 is 14.2. The molecule has 8 heteroatoms. The minimum absolute atomic E-state index is 0.226. The van der Waals surface area contributed by atoms with Gasteiger partial charge in [-0.2, -0.15) is 0 Å². The summed E-state index contributed by atoms with van der Waals surface area (Å²) >= 11 is 6.13.